The van der Waals surface area contributed by atoms with Gasteiger partial charge in [0.05, 0.1) is 11.1 Å². The largest absolute Gasteiger partial charge is 0.317 e. The van der Waals surface area contributed by atoms with Gasteiger partial charge in [0.1, 0.15) is 27.7 Å². The molecule has 4 aromatic rings. The van der Waals surface area contributed by atoms with Crippen molar-refractivity contribution in [1.82, 2.24) is 34.3 Å². The quantitative estimate of drug-likeness (QED) is 0.344. The maximum atomic E-state index is 14.7. The van der Waals surface area contributed by atoms with E-state index in [-0.39, 0.29) is 17.7 Å². The van der Waals surface area contributed by atoms with Crippen LogP contribution in [0.25, 0.3) is 20.9 Å². The minimum atomic E-state index is -2.40. The van der Waals surface area contributed by atoms with Crippen LogP contribution in [0, 0.1) is 12.7 Å². The zero-order valence-corrected chi connectivity index (χ0v) is 21.1. The number of alkyl halides is 2. The number of nitrogens with zero attached hydrogens (tertiary/aromatic N) is 7. The second-order valence-electron chi connectivity index (χ2n) is 9.08. The fraction of sp³-hybridized carbons (Fsp3) is 0.417. The van der Waals surface area contributed by atoms with Crippen LogP contribution in [0.15, 0.2) is 30.6 Å². The van der Waals surface area contributed by atoms with Crippen molar-refractivity contribution in [2.75, 3.05) is 31.5 Å². The summed E-state index contributed by atoms with van der Waals surface area (Å²) in [5, 5.41) is 3.04. The first-order valence-corrected chi connectivity index (χ1v) is 12.6. The molecule has 0 bridgehead atoms. The minimum absolute atomic E-state index is 0.211. The molecular weight excluding hydrogens is 489 g/mol. The highest BCUT2D eigenvalue weighted by atomic mass is 32.1. The number of aryl methyl sites for hydroxylation is 1. The predicted octanol–water partition coefficient (Wildman–Crippen LogP) is 5.06. The van der Waals surface area contributed by atoms with Crippen molar-refractivity contribution in [3.05, 3.63) is 47.8 Å². The van der Waals surface area contributed by atoms with Crippen LogP contribution in [0.5, 0.6) is 0 Å². The maximum Gasteiger partial charge on any atom is 0.294 e. The average Bonchev–Trinajstić information content (AvgIpc) is 3.38. The molecule has 0 amide bonds. The standard InChI is InChI=1S/C24H27F3N8S/c1-14(2)35-15(3)30-18-10-19(36-22(18)35)21-17(25)12-29-24(32-21)31-20-5-4-16(11-28-20)13-33-6-8-34(9-7-33)23(26)27/h4-5,10-12,14,23H,6-9,13H2,1-3H3,(H,28,29,31,32). The maximum absolute atomic E-state index is 14.7. The molecule has 36 heavy (non-hydrogen) atoms. The molecule has 1 aliphatic rings. The zero-order valence-electron chi connectivity index (χ0n) is 20.2. The number of pyridine rings is 1. The Morgan fingerprint density at radius 3 is 2.50 bits per heavy atom. The average molecular weight is 517 g/mol. The van der Waals surface area contributed by atoms with Crippen LogP contribution in [-0.2, 0) is 6.54 Å². The van der Waals surface area contributed by atoms with Crippen LogP contribution in [-0.4, -0.2) is 67.0 Å². The van der Waals surface area contributed by atoms with E-state index >= 15 is 0 Å². The van der Waals surface area contributed by atoms with Gasteiger partial charge in [0, 0.05) is 45.0 Å². The van der Waals surface area contributed by atoms with E-state index in [1.54, 1.807) is 12.3 Å². The lowest BCUT2D eigenvalue weighted by Gasteiger charge is -2.33. The summed E-state index contributed by atoms with van der Waals surface area (Å²) in [7, 11) is 0. The molecule has 4 aromatic heterocycles. The summed E-state index contributed by atoms with van der Waals surface area (Å²) in [5.74, 6) is 1.18. The van der Waals surface area contributed by atoms with E-state index in [2.05, 4.69) is 48.6 Å². The molecular formula is C24H27F3N8S. The highest BCUT2D eigenvalue weighted by molar-refractivity contribution is 7.21. The first-order chi connectivity index (χ1) is 17.3. The molecule has 0 saturated carbocycles. The van der Waals surface area contributed by atoms with E-state index in [4.69, 9.17) is 0 Å². The molecule has 0 aliphatic carbocycles. The Labute approximate surface area is 210 Å². The third kappa shape index (κ3) is 5.06. The van der Waals surface area contributed by atoms with Crippen molar-refractivity contribution in [2.24, 2.45) is 0 Å². The molecule has 190 valence electrons. The van der Waals surface area contributed by atoms with Gasteiger partial charge in [0.2, 0.25) is 5.95 Å². The van der Waals surface area contributed by atoms with E-state index in [0.717, 1.165) is 27.9 Å². The van der Waals surface area contributed by atoms with Crippen LogP contribution >= 0.6 is 11.3 Å². The normalized spacial score (nSPS) is 15.4. The van der Waals surface area contributed by atoms with Crippen molar-refractivity contribution in [1.29, 1.82) is 0 Å². The number of piperazine rings is 1. The zero-order chi connectivity index (χ0) is 25.4. The summed E-state index contributed by atoms with van der Waals surface area (Å²) in [5.41, 5.74) is 2.01. The van der Waals surface area contributed by atoms with Gasteiger partial charge in [-0.05, 0) is 38.5 Å². The third-order valence-corrected chi connectivity index (χ3v) is 7.32. The fourth-order valence-corrected chi connectivity index (χ4v) is 5.68. The monoisotopic (exact) mass is 516 g/mol. The molecule has 5 heterocycles. The van der Waals surface area contributed by atoms with Crippen LogP contribution in [0.3, 0.4) is 0 Å². The molecule has 0 radical (unpaired) electrons. The lowest BCUT2D eigenvalue weighted by molar-refractivity contribution is -0.0522. The highest BCUT2D eigenvalue weighted by Crippen LogP contribution is 2.36. The smallest absolute Gasteiger partial charge is 0.294 e. The number of nitrogens with one attached hydrogen (secondary N) is 1. The molecule has 1 saturated heterocycles. The Morgan fingerprint density at radius 1 is 1.06 bits per heavy atom. The van der Waals surface area contributed by atoms with Crippen LogP contribution < -0.4 is 5.32 Å². The number of imidazole rings is 1. The summed E-state index contributed by atoms with van der Waals surface area (Å²) < 4.78 is 42.4. The van der Waals surface area contributed by atoms with Gasteiger partial charge < -0.3 is 9.88 Å². The number of anilines is 2. The van der Waals surface area contributed by atoms with Crippen LogP contribution in [0.4, 0.5) is 24.9 Å². The summed E-state index contributed by atoms with van der Waals surface area (Å²) in [6.45, 7) is 6.25. The van der Waals surface area contributed by atoms with Crippen LogP contribution in [0.1, 0.15) is 31.3 Å². The molecule has 0 aromatic carbocycles. The van der Waals surface area contributed by atoms with Crippen LogP contribution in [0.2, 0.25) is 0 Å². The molecule has 5 rings (SSSR count). The molecule has 0 unspecified atom stereocenters. The Morgan fingerprint density at radius 2 is 1.83 bits per heavy atom. The van der Waals surface area contributed by atoms with E-state index in [9.17, 15) is 13.2 Å². The van der Waals surface area contributed by atoms with Gasteiger partial charge >= 0.3 is 0 Å². The fourth-order valence-electron chi connectivity index (χ4n) is 4.41. The van der Waals surface area contributed by atoms with Gasteiger partial charge in [0.15, 0.2) is 5.82 Å². The minimum Gasteiger partial charge on any atom is -0.317 e. The lowest BCUT2D eigenvalue weighted by Crippen LogP contribution is -2.47. The molecule has 8 nitrogen and oxygen atoms in total. The summed E-state index contributed by atoms with van der Waals surface area (Å²) in [6.07, 6.45) is 2.88. The third-order valence-electron chi connectivity index (χ3n) is 6.19. The Balaban J connectivity index is 1.28. The first-order valence-electron chi connectivity index (χ1n) is 11.8. The topological polar surface area (TPSA) is 75.0 Å². The van der Waals surface area contributed by atoms with Crippen molar-refractivity contribution in [2.45, 2.75) is 39.9 Å². The lowest BCUT2D eigenvalue weighted by atomic mass is 10.2. The van der Waals surface area contributed by atoms with Crippen molar-refractivity contribution >= 4 is 33.5 Å². The van der Waals surface area contributed by atoms with E-state index in [0.29, 0.717) is 43.4 Å². The summed E-state index contributed by atoms with van der Waals surface area (Å²) in [6, 6.07) is 5.82. The number of halogens is 3. The number of hydrogen-bond donors (Lipinski definition) is 1. The van der Waals surface area contributed by atoms with Crippen molar-refractivity contribution < 1.29 is 13.2 Å². The summed E-state index contributed by atoms with van der Waals surface area (Å²) in [4.78, 5) is 22.5. The van der Waals surface area contributed by atoms with Gasteiger partial charge in [-0.1, -0.05) is 6.07 Å². The number of rotatable bonds is 7. The first kappa shape index (κ1) is 24.6. The van der Waals surface area contributed by atoms with Gasteiger partial charge in [0.25, 0.3) is 6.55 Å². The van der Waals surface area contributed by atoms with Gasteiger partial charge in [-0.25, -0.2) is 29.2 Å². The predicted molar refractivity (Wildman–Crippen MR) is 134 cm³/mol. The number of aromatic nitrogens is 5. The molecule has 12 heteroatoms. The Kier molecular flexibility index (Phi) is 6.91. The molecule has 0 spiro atoms. The Bertz CT molecular complexity index is 1340. The second kappa shape index (κ2) is 10.1. The van der Waals surface area contributed by atoms with E-state index in [1.165, 1.54) is 16.2 Å². The molecule has 0 atom stereocenters. The molecule has 1 aliphatic heterocycles. The second-order valence-corrected chi connectivity index (χ2v) is 10.1. The molecule has 1 N–H and O–H groups in total. The Hall–Kier alpha value is -3.09. The number of fused-ring (bicyclic) bond motifs is 1. The van der Waals surface area contributed by atoms with Gasteiger partial charge in [-0.3, -0.25) is 4.90 Å². The van der Waals surface area contributed by atoms with Gasteiger partial charge in [-0.15, -0.1) is 11.3 Å². The van der Waals surface area contributed by atoms with E-state index < -0.39 is 12.4 Å². The van der Waals surface area contributed by atoms with E-state index in [1.807, 2.05) is 19.1 Å². The van der Waals surface area contributed by atoms with Crippen molar-refractivity contribution in [3.8, 4) is 10.6 Å². The molecule has 1 fully saturated rings. The highest BCUT2D eigenvalue weighted by Gasteiger charge is 2.23. The number of thiophene rings is 1. The summed E-state index contributed by atoms with van der Waals surface area (Å²) >= 11 is 1.45. The van der Waals surface area contributed by atoms with Gasteiger partial charge in [-0.2, -0.15) is 8.78 Å². The number of hydrogen-bond acceptors (Lipinski definition) is 8. The SMILES string of the molecule is Cc1nc2cc(-c3nc(Nc4ccc(CN5CCN(C(F)F)CC5)cn4)ncc3F)sc2n1C(C)C. The van der Waals surface area contributed by atoms with Crippen molar-refractivity contribution in [3.63, 3.8) is 0 Å².